The van der Waals surface area contributed by atoms with Gasteiger partial charge in [0, 0.05) is 12.6 Å². The highest BCUT2D eigenvalue weighted by atomic mass is 35.5. The number of carboxylic acid groups (broad SMARTS) is 1. The molecule has 0 radical (unpaired) electrons. The molecule has 4 nitrogen and oxygen atoms in total. The number of carbonyl (C=O) groups excluding carboxylic acids is 1. The molecule has 0 atom stereocenters. The number of hydrogen-bond donors (Lipinski definition) is 1. The molecule has 6 heteroatoms. The van der Waals surface area contributed by atoms with E-state index in [0.717, 1.165) is 18.4 Å². The number of rotatable bonds is 6. The number of nitrogens with zero attached hydrogens (tertiary/aromatic N) is 1. The van der Waals surface area contributed by atoms with Crippen molar-refractivity contribution in [3.8, 4) is 0 Å². The Morgan fingerprint density at radius 2 is 1.80 bits per heavy atom. The molecule has 0 unspecified atom stereocenters. The van der Waals surface area contributed by atoms with Crippen LogP contribution >= 0.6 is 23.2 Å². The maximum Gasteiger partial charge on any atom is 0.335 e. The largest absolute Gasteiger partial charge is 0.478 e. The van der Waals surface area contributed by atoms with Gasteiger partial charge in [-0.25, -0.2) is 4.79 Å². The molecule has 0 aromatic heterocycles. The van der Waals surface area contributed by atoms with Gasteiger partial charge in [-0.05, 0) is 42.2 Å². The molecule has 3 rings (SSSR count). The Morgan fingerprint density at radius 1 is 1.08 bits per heavy atom. The first kappa shape index (κ1) is 17.8. The SMILES string of the molecule is O=C(O)c1ccccc1CC(=O)N(Cc1ccc(Cl)c(Cl)c1)C1CC1. The van der Waals surface area contributed by atoms with Gasteiger partial charge in [-0.3, -0.25) is 4.79 Å². The summed E-state index contributed by atoms with van der Waals surface area (Å²) in [5, 5.41) is 10.2. The number of amides is 1. The number of halogens is 2. The Hall–Kier alpha value is -2.04. The van der Waals surface area contributed by atoms with Crippen LogP contribution in [0.25, 0.3) is 0 Å². The van der Waals surface area contributed by atoms with Gasteiger partial charge in [-0.15, -0.1) is 0 Å². The standard InChI is InChI=1S/C19H17Cl2NO3/c20-16-8-5-12(9-17(16)21)11-22(14-6-7-14)18(23)10-13-3-1-2-4-15(13)19(24)25/h1-5,8-9,14H,6-7,10-11H2,(H,24,25). The van der Waals surface area contributed by atoms with Crippen LogP contribution in [0, 0.1) is 0 Å². The summed E-state index contributed by atoms with van der Waals surface area (Å²) in [6, 6.07) is 12.1. The number of carboxylic acids is 1. The number of carbonyl (C=O) groups is 2. The molecule has 1 amide bonds. The number of aromatic carboxylic acids is 1. The molecule has 2 aromatic rings. The Kier molecular flexibility index (Phi) is 5.30. The van der Waals surface area contributed by atoms with E-state index in [1.807, 2.05) is 6.07 Å². The smallest absolute Gasteiger partial charge is 0.335 e. The zero-order valence-electron chi connectivity index (χ0n) is 13.4. The van der Waals surface area contributed by atoms with Crippen LogP contribution in [0.5, 0.6) is 0 Å². The predicted molar refractivity (Wildman–Crippen MR) is 97.1 cm³/mol. The molecule has 130 valence electrons. The van der Waals surface area contributed by atoms with Gasteiger partial charge in [0.2, 0.25) is 5.91 Å². The van der Waals surface area contributed by atoms with E-state index in [0.29, 0.717) is 22.2 Å². The van der Waals surface area contributed by atoms with E-state index < -0.39 is 5.97 Å². The Bertz CT molecular complexity index is 818. The van der Waals surface area contributed by atoms with Gasteiger partial charge in [-0.1, -0.05) is 47.5 Å². The lowest BCUT2D eigenvalue weighted by molar-refractivity contribution is -0.131. The predicted octanol–water partition coefficient (Wildman–Crippen LogP) is 4.43. The van der Waals surface area contributed by atoms with Crippen LogP contribution in [0.15, 0.2) is 42.5 Å². The van der Waals surface area contributed by atoms with E-state index >= 15 is 0 Å². The molecule has 1 N–H and O–H groups in total. The fraction of sp³-hybridized carbons (Fsp3) is 0.263. The average molecular weight is 378 g/mol. The molecular formula is C19H17Cl2NO3. The van der Waals surface area contributed by atoms with Crippen molar-refractivity contribution in [2.45, 2.75) is 31.8 Å². The van der Waals surface area contributed by atoms with Crippen molar-refractivity contribution < 1.29 is 14.7 Å². The van der Waals surface area contributed by atoms with Gasteiger partial charge < -0.3 is 10.0 Å². The van der Waals surface area contributed by atoms with Crippen LogP contribution in [0.1, 0.15) is 34.3 Å². The lowest BCUT2D eigenvalue weighted by atomic mass is 10.0. The van der Waals surface area contributed by atoms with Gasteiger partial charge in [0.05, 0.1) is 22.0 Å². The number of hydrogen-bond acceptors (Lipinski definition) is 2. The van der Waals surface area contributed by atoms with Crippen molar-refractivity contribution in [3.63, 3.8) is 0 Å². The van der Waals surface area contributed by atoms with E-state index in [1.54, 1.807) is 35.2 Å². The quantitative estimate of drug-likeness (QED) is 0.809. The van der Waals surface area contributed by atoms with Crippen molar-refractivity contribution in [3.05, 3.63) is 69.2 Å². The third kappa shape index (κ3) is 4.33. The molecule has 0 heterocycles. The molecule has 25 heavy (non-hydrogen) atoms. The van der Waals surface area contributed by atoms with Crippen LogP contribution < -0.4 is 0 Å². The molecule has 1 aliphatic carbocycles. The van der Waals surface area contributed by atoms with Gasteiger partial charge in [0.15, 0.2) is 0 Å². The maximum atomic E-state index is 12.8. The minimum Gasteiger partial charge on any atom is -0.478 e. The normalized spacial score (nSPS) is 13.5. The fourth-order valence-corrected chi connectivity index (χ4v) is 3.11. The van der Waals surface area contributed by atoms with Gasteiger partial charge >= 0.3 is 5.97 Å². The lowest BCUT2D eigenvalue weighted by Crippen LogP contribution is -2.34. The third-order valence-corrected chi connectivity index (χ3v) is 4.97. The molecular weight excluding hydrogens is 361 g/mol. The van der Waals surface area contributed by atoms with Crippen LogP contribution in [-0.2, 0) is 17.8 Å². The first-order chi connectivity index (χ1) is 12.0. The third-order valence-electron chi connectivity index (χ3n) is 4.23. The van der Waals surface area contributed by atoms with Gasteiger partial charge in [-0.2, -0.15) is 0 Å². The van der Waals surface area contributed by atoms with Crippen molar-refractivity contribution in [1.82, 2.24) is 4.90 Å². The van der Waals surface area contributed by atoms with Crippen molar-refractivity contribution in [1.29, 1.82) is 0 Å². The molecule has 0 saturated heterocycles. The zero-order valence-corrected chi connectivity index (χ0v) is 14.9. The average Bonchev–Trinajstić information content (AvgIpc) is 3.41. The summed E-state index contributed by atoms with van der Waals surface area (Å²) in [6.45, 7) is 0.440. The van der Waals surface area contributed by atoms with Gasteiger partial charge in [0.1, 0.15) is 0 Å². The van der Waals surface area contributed by atoms with E-state index in [4.69, 9.17) is 23.2 Å². The highest BCUT2D eigenvalue weighted by molar-refractivity contribution is 6.42. The van der Waals surface area contributed by atoms with Crippen LogP contribution in [-0.4, -0.2) is 27.9 Å². The second-order valence-electron chi connectivity index (χ2n) is 6.14. The maximum absolute atomic E-state index is 12.8. The van der Waals surface area contributed by atoms with Crippen molar-refractivity contribution in [2.75, 3.05) is 0 Å². The second kappa shape index (κ2) is 7.46. The van der Waals surface area contributed by atoms with E-state index in [-0.39, 0.29) is 23.9 Å². The van der Waals surface area contributed by atoms with E-state index in [1.165, 1.54) is 6.07 Å². The minimum absolute atomic E-state index is 0.0697. The highest BCUT2D eigenvalue weighted by Gasteiger charge is 2.32. The van der Waals surface area contributed by atoms with Crippen LogP contribution in [0.2, 0.25) is 10.0 Å². The summed E-state index contributed by atoms with van der Waals surface area (Å²) in [6.07, 6.45) is 2.00. The first-order valence-electron chi connectivity index (χ1n) is 8.00. The minimum atomic E-state index is -1.02. The van der Waals surface area contributed by atoms with Crippen LogP contribution in [0.3, 0.4) is 0 Å². The summed E-state index contributed by atoms with van der Waals surface area (Å²) >= 11 is 12.0. The highest BCUT2D eigenvalue weighted by Crippen LogP contribution is 2.30. The lowest BCUT2D eigenvalue weighted by Gasteiger charge is -2.23. The van der Waals surface area contributed by atoms with Gasteiger partial charge in [0.25, 0.3) is 0 Å². The Labute approximate surface area is 156 Å². The van der Waals surface area contributed by atoms with Crippen LogP contribution in [0.4, 0.5) is 0 Å². The summed E-state index contributed by atoms with van der Waals surface area (Å²) in [7, 11) is 0. The summed E-state index contributed by atoms with van der Waals surface area (Å²) in [4.78, 5) is 25.9. The first-order valence-corrected chi connectivity index (χ1v) is 8.76. The fourth-order valence-electron chi connectivity index (χ4n) is 2.79. The molecule has 1 fully saturated rings. The summed E-state index contributed by atoms with van der Waals surface area (Å²) in [5.41, 5.74) is 1.60. The molecule has 1 aliphatic rings. The topological polar surface area (TPSA) is 57.6 Å². The molecule has 0 bridgehead atoms. The Morgan fingerprint density at radius 3 is 2.44 bits per heavy atom. The zero-order chi connectivity index (χ0) is 18.0. The second-order valence-corrected chi connectivity index (χ2v) is 6.95. The van der Waals surface area contributed by atoms with Crippen molar-refractivity contribution >= 4 is 35.1 Å². The van der Waals surface area contributed by atoms with Crippen molar-refractivity contribution in [2.24, 2.45) is 0 Å². The molecule has 1 saturated carbocycles. The van der Waals surface area contributed by atoms with E-state index in [2.05, 4.69) is 0 Å². The number of benzene rings is 2. The Balaban J connectivity index is 1.78. The molecule has 0 aliphatic heterocycles. The summed E-state index contributed by atoms with van der Waals surface area (Å²) < 4.78 is 0. The van der Waals surface area contributed by atoms with E-state index in [9.17, 15) is 14.7 Å². The monoisotopic (exact) mass is 377 g/mol. The molecule has 2 aromatic carbocycles. The molecule has 0 spiro atoms. The summed E-state index contributed by atoms with van der Waals surface area (Å²) in [5.74, 6) is -1.10.